The van der Waals surface area contributed by atoms with Gasteiger partial charge in [-0.05, 0) is 25.2 Å². The first kappa shape index (κ1) is 17.0. The van der Waals surface area contributed by atoms with Crippen molar-refractivity contribution in [2.75, 3.05) is 26.8 Å². The summed E-state index contributed by atoms with van der Waals surface area (Å²) in [6.07, 6.45) is 4.34. The van der Waals surface area contributed by atoms with Crippen LogP contribution in [0.15, 0.2) is 0 Å². The number of nitrogens with zero attached hydrogens (tertiary/aromatic N) is 1. The first-order valence-corrected chi connectivity index (χ1v) is 7.67. The topological polar surface area (TPSA) is 58.6 Å². The minimum Gasteiger partial charge on any atom is -0.385 e. The molecule has 2 atom stereocenters. The van der Waals surface area contributed by atoms with E-state index in [0.717, 1.165) is 38.8 Å². The van der Waals surface area contributed by atoms with Gasteiger partial charge in [-0.3, -0.25) is 9.59 Å². The lowest BCUT2D eigenvalue weighted by Gasteiger charge is -2.27. The van der Waals surface area contributed by atoms with Crippen molar-refractivity contribution in [1.82, 2.24) is 10.2 Å². The Labute approximate surface area is 122 Å². The van der Waals surface area contributed by atoms with E-state index in [9.17, 15) is 9.59 Å². The smallest absolute Gasteiger partial charge is 0.245 e. The van der Waals surface area contributed by atoms with E-state index >= 15 is 0 Å². The van der Waals surface area contributed by atoms with Gasteiger partial charge in [-0.1, -0.05) is 20.3 Å². The molecule has 20 heavy (non-hydrogen) atoms. The molecule has 0 aromatic heterocycles. The van der Waals surface area contributed by atoms with E-state index in [4.69, 9.17) is 4.74 Å². The molecule has 2 amide bonds. The molecule has 1 heterocycles. The average molecular weight is 284 g/mol. The van der Waals surface area contributed by atoms with Gasteiger partial charge in [-0.2, -0.15) is 0 Å². The van der Waals surface area contributed by atoms with Crippen molar-refractivity contribution in [2.24, 2.45) is 5.92 Å². The quantitative estimate of drug-likeness (QED) is 0.688. The van der Waals surface area contributed by atoms with Crippen LogP contribution < -0.4 is 5.32 Å². The average Bonchev–Trinajstić information content (AvgIpc) is 2.59. The number of rotatable bonds is 8. The second-order valence-corrected chi connectivity index (χ2v) is 5.56. The molecule has 2 unspecified atom stereocenters. The molecule has 0 radical (unpaired) electrons. The number of methoxy groups -OCH3 is 1. The Bertz CT molecular complexity index is 320. The molecule has 1 aliphatic rings. The third-order valence-corrected chi connectivity index (χ3v) is 3.99. The van der Waals surface area contributed by atoms with Crippen LogP contribution in [0.4, 0.5) is 0 Å². The molecular weight excluding hydrogens is 256 g/mol. The summed E-state index contributed by atoms with van der Waals surface area (Å²) in [7, 11) is 1.70. The van der Waals surface area contributed by atoms with Gasteiger partial charge in [0.25, 0.3) is 0 Å². The van der Waals surface area contributed by atoms with Crippen molar-refractivity contribution < 1.29 is 14.3 Å². The normalized spacial score (nSPS) is 21.6. The third-order valence-electron chi connectivity index (χ3n) is 3.99. The van der Waals surface area contributed by atoms with Gasteiger partial charge in [0, 0.05) is 33.2 Å². The van der Waals surface area contributed by atoms with Gasteiger partial charge in [0.1, 0.15) is 6.04 Å². The number of hydrogen-bond acceptors (Lipinski definition) is 3. The number of unbranched alkanes of at least 4 members (excludes halogenated alkanes) is 2. The summed E-state index contributed by atoms with van der Waals surface area (Å²) < 4.78 is 5.02. The van der Waals surface area contributed by atoms with Gasteiger partial charge in [0.2, 0.25) is 11.8 Å². The molecule has 0 spiro atoms. The molecule has 0 aromatic rings. The number of hydrogen-bond donors (Lipinski definition) is 1. The predicted molar refractivity (Wildman–Crippen MR) is 78.3 cm³/mol. The van der Waals surface area contributed by atoms with Crippen LogP contribution in [-0.4, -0.2) is 49.6 Å². The van der Waals surface area contributed by atoms with Gasteiger partial charge < -0.3 is 15.0 Å². The third kappa shape index (κ3) is 5.12. The highest BCUT2D eigenvalue weighted by molar-refractivity contribution is 5.90. The van der Waals surface area contributed by atoms with E-state index in [0.29, 0.717) is 13.0 Å². The van der Waals surface area contributed by atoms with E-state index in [1.807, 2.05) is 18.7 Å². The fourth-order valence-electron chi connectivity index (χ4n) is 2.42. The molecule has 116 valence electrons. The van der Waals surface area contributed by atoms with Crippen molar-refractivity contribution in [3.05, 3.63) is 0 Å². The maximum atomic E-state index is 12.5. The Balaban J connectivity index is 2.51. The summed E-state index contributed by atoms with van der Waals surface area (Å²) in [6.45, 7) is 6.12. The van der Waals surface area contributed by atoms with Crippen molar-refractivity contribution >= 4 is 11.8 Å². The Morgan fingerprint density at radius 2 is 2.10 bits per heavy atom. The maximum Gasteiger partial charge on any atom is 0.245 e. The van der Waals surface area contributed by atoms with Gasteiger partial charge in [-0.25, -0.2) is 0 Å². The highest BCUT2D eigenvalue weighted by Gasteiger charge is 2.32. The summed E-state index contributed by atoms with van der Waals surface area (Å²) in [5.41, 5.74) is 0. The molecule has 5 nitrogen and oxygen atoms in total. The van der Waals surface area contributed by atoms with Crippen LogP contribution in [0.3, 0.4) is 0 Å². The van der Waals surface area contributed by atoms with Crippen LogP contribution in [0, 0.1) is 5.92 Å². The van der Waals surface area contributed by atoms with Crippen LogP contribution in [0.5, 0.6) is 0 Å². The summed E-state index contributed by atoms with van der Waals surface area (Å²) in [5.74, 6) is 0.253. The van der Waals surface area contributed by atoms with Crippen molar-refractivity contribution in [3.63, 3.8) is 0 Å². The molecule has 0 aliphatic carbocycles. The van der Waals surface area contributed by atoms with E-state index in [-0.39, 0.29) is 23.8 Å². The van der Waals surface area contributed by atoms with Gasteiger partial charge >= 0.3 is 0 Å². The summed E-state index contributed by atoms with van der Waals surface area (Å²) in [6, 6.07) is -0.353. The molecule has 0 aromatic carbocycles. The number of carbonyl (C=O) groups excluding carboxylic acids is 2. The fourth-order valence-corrected chi connectivity index (χ4v) is 2.42. The van der Waals surface area contributed by atoms with Crippen LogP contribution >= 0.6 is 0 Å². The minimum atomic E-state index is -0.353. The number of amides is 2. The Hall–Kier alpha value is -1.10. The summed E-state index contributed by atoms with van der Waals surface area (Å²) in [4.78, 5) is 26.1. The highest BCUT2D eigenvalue weighted by atomic mass is 16.5. The standard InChI is InChI=1S/C15H28N2O3/c1-4-12(2)14-15(19)17(10-8-13(18)16-14)9-6-5-7-11-20-3/h12,14H,4-11H2,1-3H3,(H,16,18). The van der Waals surface area contributed by atoms with E-state index in [2.05, 4.69) is 5.32 Å². The van der Waals surface area contributed by atoms with Gasteiger partial charge in [0.05, 0.1) is 0 Å². The van der Waals surface area contributed by atoms with Gasteiger partial charge in [0.15, 0.2) is 0 Å². The van der Waals surface area contributed by atoms with Crippen LogP contribution in [0.1, 0.15) is 46.0 Å². The Morgan fingerprint density at radius 1 is 1.35 bits per heavy atom. The molecule has 1 rings (SSSR count). The SMILES string of the molecule is CCC(C)C1NC(=O)CCN(CCCCCOC)C1=O. The van der Waals surface area contributed by atoms with E-state index < -0.39 is 0 Å². The lowest BCUT2D eigenvalue weighted by molar-refractivity contribution is -0.135. The molecule has 1 N–H and O–H groups in total. The number of nitrogens with one attached hydrogen (secondary N) is 1. The first-order valence-electron chi connectivity index (χ1n) is 7.67. The largest absolute Gasteiger partial charge is 0.385 e. The summed E-state index contributed by atoms with van der Waals surface area (Å²) in [5, 5.41) is 2.87. The molecule has 0 bridgehead atoms. The lowest BCUT2D eigenvalue weighted by atomic mass is 9.98. The highest BCUT2D eigenvalue weighted by Crippen LogP contribution is 2.15. The molecule has 5 heteroatoms. The second kappa shape index (κ2) is 8.95. The van der Waals surface area contributed by atoms with Gasteiger partial charge in [-0.15, -0.1) is 0 Å². The van der Waals surface area contributed by atoms with E-state index in [1.54, 1.807) is 7.11 Å². The predicted octanol–water partition coefficient (Wildman–Crippen LogP) is 1.57. The molecule has 1 fully saturated rings. The Kier molecular flexibility index (Phi) is 7.59. The zero-order valence-corrected chi connectivity index (χ0v) is 13.0. The number of carbonyl (C=O) groups is 2. The zero-order valence-electron chi connectivity index (χ0n) is 13.0. The molecule has 1 aliphatic heterocycles. The fraction of sp³-hybridized carbons (Fsp3) is 0.867. The van der Waals surface area contributed by atoms with E-state index in [1.165, 1.54) is 0 Å². The van der Waals surface area contributed by atoms with Crippen LogP contribution in [0.25, 0.3) is 0 Å². The minimum absolute atomic E-state index is 0.00877. The summed E-state index contributed by atoms with van der Waals surface area (Å²) >= 11 is 0. The Morgan fingerprint density at radius 3 is 2.75 bits per heavy atom. The maximum absolute atomic E-state index is 12.5. The molecule has 1 saturated heterocycles. The van der Waals surface area contributed by atoms with Crippen molar-refractivity contribution in [1.29, 1.82) is 0 Å². The second-order valence-electron chi connectivity index (χ2n) is 5.56. The molecular formula is C15H28N2O3. The lowest BCUT2D eigenvalue weighted by Crippen LogP contribution is -2.48. The van der Waals surface area contributed by atoms with Crippen LogP contribution in [0.2, 0.25) is 0 Å². The van der Waals surface area contributed by atoms with Crippen molar-refractivity contribution in [2.45, 2.75) is 52.0 Å². The number of ether oxygens (including phenoxy) is 1. The van der Waals surface area contributed by atoms with Crippen molar-refractivity contribution in [3.8, 4) is 0 Å². The van der Waals surface area contributed by atoms with Crippen LogP contribution in [-0.2, 0) is 14.3 Å². The zero-order chi connectivity index (χ0) is 15.0. The monoisotopic (exact) mass is 284 g/mol. The molecule has 0 saturated carbocycles. The first-order chi connectivity index (χ1) is 9.60.